The van der Waals surface area contributed by atoms with Crippen molar-refractivity contribution in [1.82, 2.24) is 5.32 Å². The van der Waals surface area contributed by atoms with Crippen LogP contribution in [-0.4, -0.2) is 84.6 Å². The van der Waals surface area contributed by atoms with Crippen LogP contribution in [0.5, 0.6) is 0 Å². The van der Waals surface area contributed by atoms with Gasteiger partial charge in [-0.25, -0.2) is 4.57 Å². The molecular weight excluding hydrogens is 880 g/mol. The van der Waals surface area contributed by atoms with Gasteiger partial charge in [0.2, 0.25) is 5.91 Å². The van der Waals surface area contributed by atoms with E-state index in [9.17, 15) is 24.5 Å². The number of aliphatic hydroxyl groups excluding tert-OH is 2. The molecule has 0 heterocycles. The Kier molecular flexibility index (Phi) is 45.9. The van der Waals surface area contributed by atoms with Gasteiger partial charge in [-0.05, 0) is 122 Å². The molecule has 0 aliphatic carbocycles. The molecule has 0 saturated heterocycles. The maximum atomic E-state index is 13.0. The van der Waals surface area contributed by atoms with Crippen LogP contribution in [0, 0.1) is 0 Å². The van der Waals surface area contributed by atoms with Crippen LogP contribution in [0.3, 0.4) is 0 Å². The Balaban J connectivity index is 4.30. The highest BCUT2D eigenvalue weighted by atomic mass is 31.2. The number of aliphatic hydroxyl groups is 2. The van der Waals surface area contributed by atoms with Crippen molar-refractivity contribution < 1.29 is 38.0 Å². The molecule has 1 amide bonds. The van der Waals surface area contributed by atoms with Crippen LogP contribution in [0.4, 0.5) is 0 Å². The number of phosphoric acid groups is 1. The predicted octanol–water partition coefficient (Wildman–Crippen LogP) is 14.9. The molecule has 0 saturated carbocycles. The summed E-state index contributed by atoms with van der Waals surface area (Å²) in [6.07, 6.45) is 69.8. The van der Waals surface area contributed by atoms with E-state index in [1.54, 1.807) is 0 Å². The summed E-state index contributed by atoms with van der Waals surface area (Å²) in [6.45, 7) is 4.21. The van der Waals surface area contributed by atoms with Crippen LogP contribution in [0.1, 0.15) is 174 Å². The fourth-order valence-electron chi connectivity index (χ4n) is 6.84. The predicted molar refractivity (Wildman–Crippen MR) is 296 cm³/mol. The zero-order chi connectivity index (χ0) is 50.8. The number of hydrogen-bond acceptors (Lipinski definition) is 6. The van der Waals surface area contributed by atoms with Crippen molar-refractivity contribution in [1.29, 1.82) is 0 Å². The molecule has 0 aromatic heterocycles. The van der Waals surface area contributed by atoms with Gasteiger partial charge in [-0.1, -0.05) is 179 Å². The smallest absolute Gasteiger partial charge is 0.390 e. The number of nitrogens with one attached hydrogen (secondary N) is 1. The third-order valence-electron chi connectivity index (χ3n) is 11.0. The van der Waals surface area contributed by atoms with Gasteiger partial charge in [-0.3, -0.25) is 13.8 Å². The Hall–Kier alpha value is -3.40. The van der Waals surface area contributed by atoms with Crippen molar-refractivity contribution in [2.24, 2.45) is 0 Å². The highest BCUT2D eigenvalue weighted by Gasteiger charge is 2.31. The number of rotatable bonds is 46. The minimum atomic E-state index is -4.44. The monoisotopic (exact) mass is 980 g/mol. The second kappa shape index (κ2) is 48.2. The summed E-state index contributed by atoms with van der Waals surface area (Å²) in [4.78, 5) is 23.3. The topological polar surface area (TPSA) is 125 Å². The molecule has 392 valence electrons. The van der Waals surface area contributed by atoms with E-state index in [0.29, 0.717) is 30.3 Å². The Morgan fingerprint density at radius 1 is 0.536 bits per heavy atom. The van der Waals surface area contributed by atoms with Crippen molar-refractivity contribution in [2.75, 3.05) is 40.9 Å². The number of likely N-dealkylation sites (N-methyl/N-ethyl adjacent to an activating group) is 1. The fourth-order valence-corrected chi connectivity index (χ4v) is 7.58. The summed E-state index contributed by atoms with van der Waals surface area (Å²) in [5.74, 6) is -0.291. The molecule has 4 N–H and O–H groups in total. The van der Waals surface area contributed by atoms with Gasteiger partial charge in [-0.15, -0.1) is 0 Å². The van der Waals surface area contributed by atoms with Crippen LogP contribution in [0.15, 0.2) is 134 Å². The number of unbranched alkanes of at least 4 members (excludes halogenated alkanes) is 11. The van der Waals surface area contributed by atoms with E-state index in [1.807, 2.05) is 28.1 Å². The lowest BCUT2D eigenvalue weighted by Gasteiger charge is -2.28. The number of phosphoric ester groups is 1. The molecule has 0 aromatic carbocycles. The van der Waals surface area contributed by atoms with E-state index in [2.05, 4.69) is 146 Å². The quantitative estimate of drug-likeness (QED) is 0.0207. The van der Waals surface area contributed by atoms with Crippen LogP contribution < -0.4 is 5.32 Å². The number of quaternary nitrogens is 1. The van der Waals surface area contributed by atoms with Gasteiger partial charge >= 0.3 is 7.82 Å². The highest BCUT2D eigenvalue weighted by molar-refractivity contribution is 7.47. The first-order valence-corrected chi connectivity index (χ1v) is 28.1. The lowest BCUT2D eigenvalue weighted by molar-refractivity contribution is -0.870. The number of hydrogen-bond donors (Lipinski definition) is 4. The maximum absolute atomic E-state index is 13.0. The Labute approximate surface area is 422 Å². The molecule has 0 bridgehead atoms. The summed E-state index contributed by atoms with van der Waals surface area (Å²) in [5.41, 5.74) is 0. The second-order valence-corrected chi connectivity index (χ2v) is 20.1. The van der Waals surface area contributed by atoms with Gasteiger partial charge in [0.25, 0.3) is 0 Å². The largest absolute Gasteiger partial charge is 0.472 e. The molecule has 0 fully saturated rings. The van der Waals surface area contributed by atoms with Gasteiger partial charge in [0.1, 0.15) is 19.3 Å². The SMILES string of the molecule is C/C=C/CC/C=C/CC/C=C/CCCC(O)C(O)C(COP(=O)(O)OCC[N+](C)(C)C)NC(=O)CCCCCCCCCC/C=C\C/C=C\C/C=C\C/C=C\C/C=C\C/C=C\C/C=C\C/C=C\CC. The lowest BCUT2D eigenvalue weighted by atomic mass is 10.0. The Bertz CT molecular complexity index is 1600. The summed E-state index contributed by atoms with van der Waals surface area (Å²) in [7, 11) is 1.37. The van der Waals surface area contributed by atoms with Crippen LogP contribution in [0.25, 0.3) is 0 Å². The van der Waals surface area contributed by atoms with Gasteiger partial charge in [-0.2, -0.15) is 0 Å². The minimum Gasteiger partial charge on any atom is -0.390 e. The Morgan fingerprint density at radius 3 is 1.39 bits per heavy atom. The van der Waals surface area contributed by atoms with Crippen LogP contribution in [-0.2, 0) is 18.4 Å². The van der Waals surface area contributed by atoms with Crippen molar-refractivity contribution in [2.45, 2.75) is 193 Å². The first-order chi connectivity index (χ1) is 33.4. The molecule has 9 nitrogen and oxygen atoms in total. The lowest BCUT2D eigenvalue weighted by Crippen LogP contribution is -2.51. The van der Waals surface area contributed by atoms with Crippen molar-refractivity contribution >= 4 is 13.7 Å². The van der Waals surface area contributed by atoms with E-state index in [-0.39, 0.29) is 18.9 Å². The van der Waals surface area contributed by atoms with E-state index < -0.39 is 32.7 Å². The first-order valence-electron chi connectivity index (χ1n) is 26.6. The van der Waals surface area contributed by atoms with E-state index >= 15 is 0 Å². The number of amides is 1. The molecule has 0 rings (SSSR count). The van der Waals surface area contributed by atoms with Crippen molar-refractivity contribution in [3.63, 3.8) is 0 Å². The number of carbonyl (C=O) groups is 1. The Morgan fingerprint density at radius 2 is 0.928 bits per heavy atom. The van der Waals surface area contributed by atoms with Crippen LogP contribution >= 0.6 is 7.82 Å². The van der Waals surface area contributed by atoms with Crippen molar-refractivity contribution in [3.05, 3.63) is 134 Å². The molecule has 0 aliphatic rings. The molecule has 0 aromatic rings. The van der Waals surface area contributed by atoms with Crippen LogP contribution in [0.2, 0.25) is 0 Å². The average molecular weight is 980 g/mol. The van der Waals surface area contributed by atoms with E-state index in [1.165, 1.54) is 25.7 Å². The number of nitrogens with zero attached hydrogens (tertiary/aromatic N) is 1. The van der Waals surface area contributed by atoms with Crippen molar-refractivity contribution in [3.8, 4) is 0 Å². The first kappa shape index (κ1) is 65.6. The third kappa shape index (κ3) is 49.4. The molecular formula is C59H100N2O7P+. The maximum Gasteiger partial charge on any atom is 0.472 e. The van der Waals surface area contributed by atoms with Gasteiger partial charge < -0.3 is 24.9 Å². The van der Waals surface area contributed by atoms with Gasteiger partial charge in [0, 0.05) is 6.42 Å². The van der Waals surface area contributed by atoms with Gasteiger partial charge in [0.05, 0.1) is 39.9 Å². The molecule has 69 heavy (non-hydrogen) atoms. The molecule has 0 spiro atoms. The number of allylic oxidation sites excluding steroid dienone is 22. The number of carbonyl (C=O) groups excluding carboxylic acids is 1. The highest BCUT2D eigenvalue weighted by Crippen LogP contribution is 2.43. The zero-order valence-corrected chi connectivity index (χ0v) is 45.0. The molecule has 10 heteroatoms. The van der Waals surface area contributed by atoms with E-state index in [4.69, 9.17) is 9.05 Å². The molecule has 0 radical (unpaired) electrons. The minimum absolute atomic E-state index is 0.00291. The molecule has 0 aliphatic heterocycles. The summed E-state index contributed by atoms with van der Waals surface area (Å²) < 4.78 is 23.5. The standard InChI is InChI=1S/C59H99N2O7P/c1-6-8-10-12-14-16-18-20-21-22-23-24-25-26-27-28-29-30-31-32-33-34-35-36-37-38-39-40-42-44-46-48-50-52-58(63)60-56(55-68-69(65,66)67-54-53-61(3,4)5)59(64)57(62)51-49-47-45-43-41-19-17-15-13-11-9-7-2/h7-10,14-17,20-21,23-24,26-27,29-30,32-33,35-36,43,45,56-57,59,62,64H,6,11-13,18-19,22,25,28,31,34,37-42,44,46-55H2,1-5H3,(H-,60,63,65,66)/p+1/b9-7+,10-8-,16-14-,17-15+,21-20-,24-23-,27-26-,30-29-,33-32-,36-35-,45-43+. The molecule has 4 unspecified atom stereocenters. The fraction of sp³-hybridized carbons (Fsp3) is 0.610. The summed E-state index contributed by atoms with van der Waals surface area (Å²) in [6, 6.07) is -1.07. The molecule has 4 atom stereocenters. The van der Waals surface area contributed by atoms with Gasteiger partial charge in [0.15, 0.2) is 0 Å². The van der Waals surface area contributed by atoms with E-state index in [0.717, 1.165) is 109 Å². The average Bonchev–Trinajstić information content (AvgIpc) is 3.31. The second-order valence-electron chi connectivity index (χ2n) is 18.6. The summed E-state index contributed by atoms with van der Waals surface area (Å²) >= 11 is 0. The normalized spacial score (nSPS) is 15.5. The zero-order valence-electron chi connectivity index (χ0n) is 44.1. The third-order valence-corrected chi connectivity index (χ3v) is 12.0. The summed E-state index contributed by atoms with van der Waals surface area (Å²) in [5, 5.41) is 24.7.